The van der Waals surface area contributed by atoms with Gasteiger partial charge in [0.1, 0.15) is 0 Å². The van der Waals surface area contributed by atoms with Gasteiger partial charge in [0.05, 0.1) is 5.56 Å². The fourth-order valence-electron chi connectivity index (χ4n) is 3.59. The first kappa shape index (κ1) is 17.2. The first-order valence-corrected chi connectivity index (χ1v) is 8.80. The van der Waals surface area contributed by atoms with Crippen LogP contribution in [0.25, 0.3) is 0 Å². The van der Waals surface area contributed by atoms with Crippen molar-refractivity contribution in [1.29, 1.82) is 0 Å². The van der Waals surface area contributed by atoms with Gasteiger partial charge in [-0.15, -0.1) is 0 Å². The van der Waals surface area contributed by atoms with Crippen molar-refractivity contribution in [2.75, 3.05) is 6.54 Å². The highest BCUT2D eigenvalue weighted by atomic mass is 16.4. The van der Waals surface area contributed by atoms with E-state index in [1.54, 1.807) is 18.2 Å². The van der Waals surface area contributed by atoms with Gasteiger partial charge in [-0.05, 0) is 42.9 Å². The number of hydrogen-bond donors (Lipinski definition) is 1. The number of carboxylic acid groups (broad SMARTS) is 1. The molecule has 0 radical (unpaired) electrons. The van der Waals surface area contributed by atoms with E-state index in [0.29, 0.717) is 12.8 Å². The minimum absolute atomic E-state index is 0.124. The molecule has 0 saturated carbocycles. The van der Waals surface area contributed by atoms with Crippen LogP contribution in [-0.2, 0) is 17.6 Å². The number of benzene rings is 2. The van der Waals surface area contributed by atoms with Crippen LogP contribution in [-0.4, -0.2) is 34.5 Å². The lowest BCUT2D eigenvalue weighted by molar-refractivity contribution is -0.131. The molecule has 0 aromatic heterocycles. The molecule has 130 valence electrons. The molecule has 1 amide bonds. The predicted molar refractivity (Wildman–Crippen MR) is 96.6 cm³/mol. The van der Waals surface area contributed by atoms with E-state index in [4.69, 9.17) is 0 Å². The zero-order valence-electron chi connectivity index (χ0n) is 14.2. The summed E-state index contributed by atoms with van der Waals surface area (Å²) in [6, 6.07) is 17.4. The van der Waals surface area contributed by atoms with Crippen LogP contribution >= 0.6 is 0 Å². The molecule has 0 bridgehead atoms. The minimum Gasteiger partial charge on any atom is -0.478 e. The Labute approximate surface area is 148 Å². The molecule has 1 saturated heterocycles. The zero-order valence-corrected chi connectivity index (χ0v) is 14.2. The molecule has 1 unspecified atom stereocenters. The minimum atomic E-state index is -0.939. The quantitative estimate of drug-likeness (QED) is 0.877. The van der Waals surface area contributed by atoms with E-state index in [2.05, 4.69) is 12.1 Å². The molecule has 2 aromatic rings. The Hall–Kier alpha value is -2.62. The van der Waals surface area contributed by atoms with Gasteiger partial charge < -0.3 is 10.0 Å². The summed E-state index contributed by atoms with van der Waals surface area (Å²) in [5.74, 6) is -0.815. The lowest BCUT2D eigenvalue weighted by Gasteiger charge is -2.25. The second-order valence-electron chi connectivity index (χ2n) is 6.54. The van der Waals surface area contributed by atoms with E-state index in [1.807, 2.05) is 29.2 Å². The van der Waals surface area contributed by atoms with E-state index in [0.717, 1.165) is 31.4 Å². The van der Waals surface area contributed by atoms with Gasteiger partial charge in [0.15, 0.2) is 0 Å². The van der Waals surface area contributed by atoms with Gasteiger partial charge in [-0.3, -0.25) is 4.79 Å². The zero-order chi connectivity index (χ0) is 17.6. The summed E-state index contributed by atoms with van der Waals surface area (Å²) in [6.07, 6.45) is 3.78. The van der Waals surface area contributed by atoms with Gasteiger partial charge in [0.25, 0.3) is 0 Å². The maximum atomic E-state index is 12.7. The normalized spacial score (nSPS) is 16.8. The summed E-state index contributed by atoms with van der Waals surface area (Å²) in [5.41, 5.74) is 2.27. The third kappa shape index (κ3) is 4.27. The predicted octanol–water partition coefficient (Wildman–Crippen LogP) is 3.55. The van der Waals surface area contributed by atoms with E-state index in [-0.39, 0.29) is 17.5 Å². The second kappa shape index (κ2) is 7.97. The largest absolute Gasteiger partial charge is 0.478 e. The molecule has 1 N–H and O–H groups in total. The standard InChI is InChI=1S/C21H23NO3/c23-20(13-12-17-9-4-5-11-19(17)21(24)25)22-14-6-10-18(22)15-16-7-2-1-3-8-16/h1-5,7-9,11,18H,6,10,12-15H2,(H,24,25). The molecule has 0 aliphatic carbocycles. The average molecular weight is 337 g/mol. The number of aryl methyl sites for hydroxylation is 1. The number of amides is 1. The number of likely N-dealkylation sites (tertiary alicyclic amines) is 1. The molecule has 25 heavy (non-hydrogen) atoms. The average Bonchev–Trinajstić information content (AvgIpc) is 3.09. The van der Waals surface area contributed by atoms with E-state index in [9.17, 15) is 14.7 Å². The molecule has 4 heteroatoms. The number of carbonyl (C=O) groups excluding carboxylic acids is 1. The van der Waals surface area contributed by atoms with Crippen molar-refractivity contribution < 1.29 is 14.7 Å². The SMILES string of the molecule is O=C(O)c1ccccc1CCC(=O)N1CCCC1Cc1ccccc1. The third-order valence-corrected chi connectivity index (χ3v) is 4.87. The van der Waals surface area contributed by atoms with Crippen LogP contribution in [0.3, 0.4) is 0 Å². The summed E-state index contributed by atoms with van der Waals surface area (Å²) >= 11 is 0. The Morgan fingerprint density at radius 3 is 2.52 bits per heavy atom. The van der Waals surface area contributed by atoms with Crippen LogP contribution in [0.5, 0.6) is 0 Å². The molecule has 4 nitrogen and oxygen atoms in total. The van der Waals surface area contributed by atoms with Crippen molar-refractivity contribution >= 4 is 11.9 Å². The van der Waals surface area contributed by atoms with Crippen molar-refractivity contribution in [3.63, 3.8) is 0 Å². The number of aromatic carboxylic acids is 1. The Balaban J connectivity index is 1.62. The molecular weight excluding hydrogens is 314 g/mol. The van der Waals surface area contributed by atoms with Crippen molar-refractivity contribution in [3.05, 3.63) is 71.3 Å². The van der Waals surface area contributed by atoms with Crippen LogP contribution in [0.1, 0.15) is 40.7 Å². The molecule has 3 rings (SSSR count). The highest BCUT2D eigenvalue weighted by Gasteiger charge is 2.28. The van der Waals surface area contributed by atoms with Crippen LogP contribution in [0.4, 0.5) is 0 Å². The third-order valence-electron chi connectivity index (χ3n) is 4.87. The summed E-state index contributed by atoms with van der Waals surface area (Å²) in [4.78, 5) is 25.9. The highest BCUT2D eigenvalue weighted by Crippen LogP contribution is 2.23. The van der Waals surface area contributed by atoms with Gasteiger partial charge >= 0.3 is 5.97 Å². The van der Waals surface area contributed by atoms with Crippen LogP contribution in [0.15, 0.2) is 54.6 Å². The highest BCUT2D eigenvalue weighted by molar-refractivity contribution is 5.89. The lowest BCUT2D eigenvalue weighted by Crippen LogP contribution is -2.37. The first-order chi connectivity index (χ1) is 12.1. The van der Waals surface area contributed by atoms with E-state index >= 15 is 0 Å². The fourth-order valence-corrected chi connectivity index (χ4v) is 3.59. The van der Waals surface area contributed by atoms with Crippen molar-refractivity contribution in [3.8, 4) is 0 Å². The number of nitrogens with zero attached hydrogens (tertiary/aromatic N) is 1. The van der Waals surface area contributed by atoms with Crippen molar-refractivity contribution in [1.82, 2.24) is 4.90 Å². The monoisotopic (exact) mass is 337 g/mol. The van der Waals surface area contributed by atoms with Crippen LogP contribution in [0, 0.1) is 0 Å². The van der Waals surface area contributed by atoms with Crippen molar-refractivity contribution in [2.45, 2.75) is 38.1 Å². The Morgan fingerprint density at radius 2 is 1.76 bits per heavy atom. The maximum absolute atomic E-state index is 12.7. The number of carboxylic acids is 1. The van der Waals surface area contributed by atoms with Gasteiger partial charge in [-0.2, -0.15) is 0 Å². The molecule has 1 fully saturated rings. The fraction of sp³-hybridized carbons (Fsp3) is 0.333. The number of carbonyl (C=O) groups is 2. The van der Waals surface area contributed by atoms with Crippen molar-refractivity contribution in [2.24, 2.45) is 0 Å². The molecule has 1 heterocycles. The molecule has 1 atom stereocenters. The van der Waals surface area contributed by atoms with Gasteiger partial charge in [0, 0.05) is 19.0 Å². The molecule has 2 aromatic carbocycles. The van der Waals surface area contributed by atoms with E-state index in [1.165, 1.54) is 5.56 Å². The smallest absolute Gasteiger partial charge is 0.335 e. The first-order valence-electron chi connectivity index (χ1n) is 8.80. The maximum Gasteiger partial charge on any atom is 0.335 e. The van der Waals surface area contributed by atoms with Gasteiger partial charge in [0.2, 0.25) is 5.91 Å². The molecular formula is C21H23NO3. The van der Waals surface area contributed by atoms with E-state index < -0.39 is 5.97 Å². The number of rotatable bonds is 6. The Bertz CT molecular complexity index is 742. The lowest BCUT2D eigenvalue weighted by atomic mass is 10.0. The number of hydrogen-bond acceptors (Lipinski definition) is 2. The molecule has 0 spiro atoms. The van der Waals surface area contributed by atoms with Gasteiger partial charge in [-0.25, -0.2) is 4.79 Å². The summed E-state index contributed by atoms with van der Waals surface area (Å²) in [5, 5.41) is 9.25. The summed E-state index contributed by atoms with van der Waals surface area (Å²) in [6.45, 7) is 0.802. The summed E-state index contributed by atoms with van der Waals surface area (Å²) < 4.78 is 0. The van der Waals surface area contributed by atoms with Crippen LogP contribution in [0.2, 0.25) is 0 Å². The van der Waals surface area contributed by atoms with Gasteiger partial charge in [-0.1, -0.05) is 48.5 Å². The second-order valence-corrected chi connectivity index (χ2v) is 6.54. The topological polar surface area (TPSA) is 57.6 Å². The molecule has 1 aliphatic rings. The van der Waals surface area contributed by atoms with Crippen LogP contribution < -0.4 is 0 Å². The Morgan fingerprint density at radius 1 is 1.04 bits per heavy atom. The summed E-state index contributed by atoms with van der Waals surface area (Å²) in [7, 11) is 0. The molecule has 1 aliphatic heterocycles. The Kier molecular flexibility index (Phi) is 5.49.